The van der Waals surface area contributed by atoms with Crippen molar-refractivity contribution in [2.24, 2.45) is 11.8 Å². The van der Waals surface area contributed by atoms with Gasteiger partial charge in [-0.1, -0.05) is 12.8 Å². The van der Waals surface area contributed by atoms with Crippen molar-refractivity contribution >= 4 is 5.91 Å². The van der Waals surface area contributed by atoms with Gasteiger partial charge in [0.15, 0.2) is 0 Å². The quantitative estimate of drug-likeness (QED) is 0.857. The SMILES string of the molecule is CC1NC(C2CCCC2)N(C2CCOC2C2CC2)C1=O. The minimum absolute atomic E-state index is 0.0129. The molecule has 112 valence electrons. The Kier molecular flexibility index (Phi) is 3.26. The summed E-state index contributed by atoms with van der Waals surface area (Å²) in [7, 11) is 0. The third-order valence-corrected chi connectivity index (χ3v) is 5.74. The maximum Gasteiger partial charge on any atom is 0.241 e. The van der Waals surface area contributed by atoms with Gasteiger partial charge in [0, 0.05) is 6.61 Å². The molecule has 4 atom stereocenters. The van der Waals surface area contributed by atoms with Crippen LogP contribution in [-0.4, -0.2) is 41.8 Å². The molecule has 1 N–H and O–H groups in total. The van der Waals surface area contributed by atoms with Gasteiger partial charge in [-0.2, -0.15) is 0 Å². The number of hydrogen-bond donors (Lipinski definition) is 1. The lowest BCUT2D eigenvalue weighted by Gasteiger charge is -2.36. The zero-order chi connectivity index (χ0) is 13.7. The van der Waals surface area contributed by atoms with Crippen molar-refractivity contribution in [2.45, 2.75) is 76.2 Å². The first-order valence-electron chi connectivity index (χ1n) is 8.45. The molecule has 0 aromatic carbocycles. The van der Waals surface area contributed by atoms with Gasteiger partial charge in [-0.15, -0.1) is 0 Å². The molecule has 1 amide bonds. The lowest BCUT2D eigenvalue weighted by atomic mass is 9.99. The van der Waals surface area contributed by atoms with Crippen LogP contribution in [0.15, 0.2) is 0 Å². The van der Waals surface area contributed by atoms with Gasteiger partial charge in [0.05, 0.1) is 24.4 Å². The molecular formula is C16H26N2O2. The number of hydrogen-bond acceptors (Lipinski definition) is 3. The van der Waals surface area contributed by atoms with E-state index in [1.165, 1.54) is 38.5 Å². The highest BCUT2D eigenvalue weighted by Gasteiger charge is 2.51. The molecule has 0 spiro atoms. The third kappa shape index (κ3) is 2.08. The first-order chi connectivity index (χ1) is 9.75. The predicted octanol–water partition coefficient (Wildman–Crippen LogP) is 1.89. The minimum atomic E-state index is -0.0129. The molecule has 4 nitrogen and oxygen atoms in total. The van der Waals surface area contributed by atoms with E-state index in [0.717, 1.165) is 18.9 Å². The zero-order valence-corrected chi connectivity index (χ0v) is 12.4. The standard InChI is InChI=1S/C16H26N2O2/c1-10-16(19)18(15(17-10)12-4-2-3-5-12)13-8-9-20-14(13)11-6-7-11/h10-15,17H,2-9H2,1H3. The molecule has 0 aromatic heterocycles. The second kappa shape index (κ2) is 4.99. The van der Waals surface area contributed by atoms with E-state index in [4.69, 9.17) is 4.74 Å². The largest absolute Gasteiger partial charge is 0.376 e. The fourth-order valence-electron chi connectivity index (χ4n) is 4.55. The topological polar surface area (TPSA) is 41.6 Å². The van der Waals surface area contributed by atoms with Gasteiger partial charge in [-0.05, 0) is 50.9 Å². The van der Waals surface area contributed by atoms with Crippen LogP contribution in [0.25, 0.3) is 0 Å². The number of ether oxygens (including phenoxy) is 1. The summed E-state index contributed by atoms with van der Waals surface area (Å²) in [6.07, 6.45) is 9.40. The Morgan fingerprint density at radius 3 is 2.55 bits per heavy atom. The van der Waals surface area contributed by atoms with Gasteiger partial charge in [0.1, 0.15) is 0 Å². The Morgan fingerprint density at radius 2 is 1.85 bits per heavy atom. The molecular weight excluding hydrogens is 252 g/mol. The summed E-state index contributed by atoms with van der Waals surface area (Å²) < 4.78 is 5.97. The molecule has 0 radical (unpaired) electrons. The fraction of sp³-hybridized carbons (Fsp3) is 0.938. The average Bonchev–Trinajstić information content (AvgIpc) is 2.89. The third-order valence-electron chi connectivity index (χ3n) is 5.74. The van der Waals surface area contributed by atoms with Gasteiger partial charge in [0.2, 0.25) is 5.91 Å². The maximum absolute atomic E-state index is 12.7. The molecule has 2 saturated heterocycles. The molecule has 0 aromatic rings. The molecule has 4 aliphatic rings. The number of nitrogens with one attached hydrogen (secondary N) is 1. The Labute approximate surface area is 121 Å². The van der Waals surface area contributed by atoms with Crippen LogP contribution in [0.1, 0.15) is 51.9 Å². The highest BCUT2D eigenvalue weighted by atomic mass is 16.5. The summed E-state index contributed by atoms with van der Waals surface area (Å²) >= 11 is 0. The molecule has 4 rings (SSSR count). The van der Waals surface area contributed by atoms with Crippen molar-refractivity contribution in [3.05, 3.63) is 0 Å². The molecule has 4 heteroatoms. The average molecular weight is 278 g/mol. The molecule has 0 bridgehead atoms. The highest BCUT2D eigenvalue weighted by Crippen LogP contribution is 2.43. The summed E-state index contributed by atoms with van der Waals surface area (Å²) in [5, 5.41) is 3.57. The Morgan fingerprint density at radius 1 is 1.10 bits per heavy atom. The minimum Gasteiger partial charge on any atom is -0.376 e. The van der Waals surface area contributed by atoms with Gasteiger partial charge >= 0.3 is 0 Å². The Balaban J connectivity index is 1.57. The van der Waals surface area contributed by atoms with E-state index in [2.05, 4.69) is 10.2 Å². The lowest BCUT2D eigenvalue weighted by molar-refractivity contribution is -0.134. The number of amides is 1. The summed E-state index contributed by atoms with van der Waals surface area (Å²) in [6.45, 7) is 2.85. The van der Waals surface area contributed by atoms with Crippen molar-refractivity contribution in [1.29, 1.82) is 0 Å². The van der Waals surface area contributed by atoms with Crippen LogP contribution in [0.5, 0.6) is 0 Å². The second-order valence-corrected chi connectivity index (χ2v) is 7.15. The Bertz CT molecular complexity index is 388. The fourth-order valence-corrected chi connectivity index (χ4v) is 4.55. The van der Waals surface area contributed by atoms with Crippen molar-refractivity contribution < 1.29 is 9.53 Å². The summed E-state index contributed by atoms with van der Waals surface area (Å²) in [5.74, 6) is 1.68. The van der Waals surface area contributed by atoms with Crippen LogP contribution < -0.4 is 5.32 Å². The number of carbonyl (C=O) groups is 1. The van der Waals surface area contributed by atoms with Gasteiger partial charge in [-0.25, -0.2) is 0 Å². The van der Waals surface area contributed by atoms with Crippen molar-refractivity contribution in [2.75, 3.05) is 6.61 Å². The molecule has 4 fully saturated rings. The molecule has 2 aliphatic carbocycles. The molecule has 20 heavy (non-hydrogen) atoms. The van der Waals surface area contributed by atoms with Gasteiger partial charge in [0.25, 0.3) is 0 Å². The van der Waals surface area contributed by atoms with E-state index in [1.54, 1.807) is 0 Å². The maximum atomic E-state index is 12.7. The van der Waals surface area contributed by atoms with Crippen molar-refractivity contribution in [3.8, 4) is 0 Å². The van der Waals surface area contributed by atoms with E-state index < -0.39 is 0 Å². The van der Waals surface area contributed by atoms with Crippen LogP contribution in [0.3, 0.4) is 0 Å². The van der Waals surface area contributed by atoms with Gasteiger partial charge in [-0.3, -0.25) is 10.1 Å². The van der Waals surface area contributed by atoms with E-state index in [1.807, 2.05) is 6.92 Å². The second-order valence-electron chi connectivity index (χ2n) is 7.15. The van der Waals surface area contributed by atoms with Crippen LogP contribution >= 0.6 is 0 Å². The van der Waals surface area contributed by atoms with Crippen molar-refractivity contribution in [3.63, 3.8) is 0 Å². The summed E-state index contributed by atoms with van der Waals surface area (Å²) in [5.41, 5.74) is 0. The normalized spacial score (nSPS) is 42.9. The highest BCUT2D eigenvalue weighted by molar-refractivity contribution is 5.84. The monoisotopic (exact) mass is 278 g/mol. The smallest absolute Gasteiger partial charge is 0.241 e. The van der Waals surface area contributed by atoms with E-state index >= 15 is 0 Å². The zero-order valence-electron chi connectivity index (χ0n) is 12.4. The van der Waals surface area contributed by atoms with Crippen LogP contribution in [0, 0.1) is 11.8 Å². The molecule has 2 heterocycles. The summed E-state index contributed by atoms with van der Waals surface area (Å²) in [4.78, 5) is 14.9. The number of nitrogens with zero attached hydrogens (tertiary/aromatic N) is 1. The molecule has 4 unspecified atom stereocenters. The molecule has 2 saturated carbocycles. The predicted molar refractivity (Wildman–Crippen MR) is 76.1 cm³/mol. The van der Waals surface area contributed by atoms with E-state index in [-0.39, 0.29) is 12.2 Å². The van der Waals surface area contributed by atoms with Crippen molar-refractivity contribution in [1.82, 2.24) is 10.2 Å². The van der Waals surface area contributed by atoms with Gasteiger partial charge < -0.3 is 9.64 Å². The number of carbonyl (C=O) groups excluding carboxylic acids is 1. The first-order valence-corrected chi connectivity index (χ1v) is 8.45. The Hall–Kier alpha value is -0.610. The number of rotatable bonds is 3. The van der Waals surface area contributed by atoms with Crippen LogP contribution in [0.2, 0.25) is 0 Å². The molecule has 2 aliphatic heterocycles. The lowest BCUT2D eigenvalue weighted by Crippen LogP contribution is -2.51. The first kappa shape index (κ1) is 13.1. The summed E-state index contributed by atoms with van der Waals surface area (Å²) in [6, 6.07) is 0.319. The van der Waals surface area contributed by atoms with Crippen LogP contribution in [-0.2, 0) is 9.53 Å². The van der Waals surface area contributed by atoms with E-state index in [9.17, 15) is 4.79 Å². The van der Waals surface area contributed by atoms with Crippen LogP contribution in [0.4, 0.5) is 0 Å². The van der Waals surface area contributed by atoms with E-state index in [0.29, 0.717) is 24.0 Å².